The molecule has 1 aliphatic rings. The van der Waals surface area contributed by atoms with Gasteiger partial charge in [-0.25, -0.2) is 8.42 Å². The lowest BCUT2D eigenvalue weighted by atomic mass is 10.1. The van der Waals surface area contributed by atoms with Gasteiger partial charge in [0.15, 0.2) is 18.1 Å². The average molecular weight is 386 g/mol. The third kappa shape index (κ3) is 4.85. The van der Waals surface area contributed by atoms with Crippen LogP contribution in [0.15, 0.2) is 23.1 Å². The van der Waals surface area contributed by atoms with Crippen LogP contribution >= 0.6 is 0 Å². The molecule has 0 radical (unpaired) electrons. The molecule has 0 saturated carbocycles. The summed E-state index contributed by atoms with van der Waals surface area (Å²) in [6.07, 6.45) is 0. The zero-order chi connectivity index (χ0) is 19.3. The van der Waals surface area contributed by atoms with Gasteiger partial charge in [0.05, 0.1) is 4.90 Å². The van der Waals surface area contributed by atoms with Crippen molar-refractivity contribution in [2.24, 2.45) is 5.92 Å². The summed E-state index contributed by atoms with van der Waals surface area (Å²) >= 11 is 0. The van der Waals surface area contributed by atoms with Crippen molar-refractivity contribution in [3.63, 3.8) is 0 Å². The number of hydrogen-bond acceptors (Lipinski definition) is 7. The highest BCUT2D eigenvalue weighted by Crippen LogP contribution is 2.32. The Morgan fingerprint density at radius 2 is 1.85 bits per heavy atom. The number of carbonyl (C=O) groups is 2. The average Bonchev–Trinajstić information content (AvgIpc) is 2.63. The summed E-state index contributed by atoms with van der Waals surface area (Å²) in [7, 11) is -2.61. The van der Waals surface area contributed by atoms with Gasteiger partial charge in [-0.2, -0.15) is 4.72 Å². The largest absolute Gasteiger partial charge is 0.486 e. The van der Waals surface area contributed by atoms with Crippen molar-refractivity contribution in [2.75, 3.05) is 26.9 Å². The Hall–Kier alpha value is -2.33. The molecule has 1 atom stereocenters. The monoisotopic (exact) mass is 386 g/mol. The van der Waals surface area contributed by atoms with E-state index < -0.39 is 34.5 Å². The zero-order valence-electron chi connectivity index (χ0n) is 14.8. The van der Waals surface area contributed by atoms with E-state index in [0.717, 1.165) is 0 Å². The van der Waals surface area contributed by atoms with Gasteiger partial charge in [-0.05, 0) is 18.1 Å². The maximum Gasteiger partial charge on any atom is 0.324 e. The molecular weight excluding hydrogens is 364 g/mol. The first-order valence-electron chi connectivity index (χ1n) is 8.04. The van der Waals surface area contributed by atoms with Crippen molar-refractivity contribution in [1.29, 1.82) is 0 Å². The Bertz CT molecular complexity index is 777. The van der Waals surface area contributed by atoms with Crippen molar-refractivity contribution in [1.82, 2.24) is 10.0 Å². The highest BCUT2D eigenvalue weighted by Gasteiger charge is 2.30. The summed E-state index contributed by atoms with van der Waals surface area (Å²) < 4.78 is 43.2. The second kappa shape index (κ2) is 8.37. The van der Waals surface area contributed by atoms with Crippen LogP contribution in [0, 0.1) is 5.92 Å². The normalized spacial score (nSPS) is 14.6. The number of sulfonamides is 1. The first-order valence-corrected chi connectivity index (χ1v) is 9.52. The minimum absolute atomic E-state index is 0.0634. The van der Waals surface area contributed by atoms with E-state index in [9.17, 15) is 18.0 Å². The van der Waals surface area contributed by atoms with E-state index in [0.29, 0.717) is 24.7 Å². The van der Waals surface area contributed by atoms with Crippen LogP contribution in [0.25, 0.3) is 0 Å². The highest BCUT2D eigenvalue weighted by atomic mass is 32.2. The lowest BCUT2D eigenvalue weighted by Crippen LogP contribution is -2.46. The standard InChI is InChI=1S/C16H22N2O7S/c1-10(2)15(16(20)25-9-14(19)17-3)18-26(21,22)11-4-5-12-13(8-11)24-7-6-23-12/h4-5,8,10,15,18H,6-7,9H2,1-3H3,(H,17,19)/t15-/m0/s1. The molecule has 9 nitrogen and oxygen atoms in total. The van der Waals surface area contributed by atoms with Gasteiger partial charge < -0.3 is 19.5 Å². The van der Waals surface area contributed by atoms with Crippen LogP contribution in [0.5, 0.6) is 11.5 Å². The van der Waals surface area contributed by atoms with Gasteiger partial charge >= 0.3 is 5.97 Å². The molecule has 26 heavy (non-hydrogen) atoms. The lowest BCUT2D eigenvalue weighted by Gasteiger charge is -2.22. The molecule has 0 aromatic heterocycles. The quantitative estimate of drug-likeness (QED) is 0.635. The van der Waals surface area contributed by atoms with Crippen LogP contribution in [0.4, 0.5) is 0 Å². The topological polar surface area (TPSA) is 120 Å². The lowest BCUT2D eigenvalue weighted by molar-refractivity contribution is -0.151. The van der Waals surface area contributed by atoms with Gasteiger partial charge in [-0.15, -0.1) is 0 Å². The molecule has 144 valence electrons. The van der Waals surface area contributed by atoms with E-state index in [-0.39, 0.29) is 10.8 Å². The molecule has 1 amide bonds. The molecule has 0 saturated heterocycles. The Morgan fingerprint density at radius 3 is 2.46 bits per heavy atom. The third-order valence-corrected chi connectivity index (χ3v) is 5.09. The zero-order valence-corrected chi connectivity index (χ0v) is 15.6. The molecule has 1 aromatic rings. The van der Waals surface area contributed by atoms with Crippen molar-refractivity contribution in [2.45, 2.75) is 24.8 Å². The highest BCUT2D eigenvalue weighted by molar-refractivity contribution is 7.89. The summed E-state index contributed by atoms with van der Waals surface area (Å²) in [6, 6.07) is 3.06. The molecule has 0 fully saturated rings. The number of esters is 1. The minimum atomic E-state index is -4.01. The molecule has 0 unspecified atom stereocenters. The van der Waals surface area contributed by atoms with Crippen LogP contribution in [0.1, 0.15) is 13.8 Å². The molecule has 0 bridgehead atoms. The van der Waals surface area contributed by atoms with Crippen molar-refractivity contribution < 1.29 is 32.2 Å². The van der Waals surface area contributed by atoms with E-state index in [1.54, 1.807) is 13.8 Å². The number of ether oxygens (including phenoxy) is 3. The summed E-state index contributed by atoms with van der Waals surface area (Å²) in [5, 5.41) is 2.31. The number of hydrogen-bond donors (Lipinski definition) is 2. The van der Waals surface area contributed by atoms with Crippen molar-refractivity contribution >= 4 is 21.9 Å². The van der Waals surface area contributed by atoms with Gasteiger partial charge in [0, 0.05) is 13.1 Å². The Morgan fingerprint density at radius 1 is 1.19 bits per heavy atom. The van der Waals surface area contributed by atoms with E-state index in [4.69, 9.17) is 14.2 Å². The molecule has 1 aliphatic heterocycles. The second-order valence-electron chi connectivity index (χ2n) is 5.93. The summed E-state index contributed by atoms with van der Waals surface area (Å²) in [5.41, 5.74) is 0. The molecule has 10 heteroatoms. The fourth-order valence-corrected chi connectivity index (χ4v) is 3.53. The van der Waals surface area contributed by atoms with E-state index >= 15 is 0 Å². The number of likely N-dealkylation sites (N-methyl/N-ethyl adjacent to an activating group) is 1. The molecule has 2 N–H and O–H groups in total. The second-order valence-corrected chi connectivity index (χ2v) is 7.64. The fourth-order valence-electron chi connectivity index (χ4n) is 2.18. The van der Waals surface area contributed by atoms with E-state index in [2.05, 4.69) is 10.0 Å². The molecule has 0 aliphatic carbocycles. The van der Waals surface area contributed by atoms with Crippen molar-refractivity contribution in [3.05, 3.63) is 18.2 Å². The number of amides is 1. The van der Waals surface area contributed by atoms with Crippen LogP contribution in [-0.4, -0.2) is 53.2 Å². The Labute approximate surface area is 152 Å². The number of rotatable bonds is 7. The molecule has 1 aromatic carbocycles. The van der Waals surface area contributed by atoms with Crippen LogP contribution in [0.2, 0.25) is 0 Å². The number of carbonyl (C=O) groups excluding carboxylic acids is 2. The predicted octanol–water partition coefficient (Wildman–Crippen LogP) is 0.0499. The number of nitrogens with one attached hydrogen (secondary N) is 2. The Kier molecular flexibility index (Phi) is 6.43. The van der Waals surface area contributed by atoms with Crippen LogP contribution < -0.4 is 19.5 Å². The SMILES string of the molecule is CNC(=O)COC(=O)[C@@H](NS(=O)(=O)c1ccc2c(c1)OCCO2)C(C)C. The smallest absolute Gasteiger partial charge is 0.324 e. The first-order chi connectivity index (χ1) is 12.2. The predicted molar refractivity (Wildman–Crippen MR) is 91.4 cm³/mol. The van der Waals surface area contributed by atoms with Gasteiger partial charge in [0.2, 0.25) is 10.0 Å². The summed E-state index contributed by atoms with van der Waals surface area (Å²) in [4.78, 5) is 23.3. The molecule has 2 rings (SSSR count). The summed E-state index contributed by atoms with van der Waals surface area (Å²) in [5.74, 6) is -0.928. The van der Waals surface area contributed by atoms with Gasteiger partial charge in [0.1, 0.15) is 19.3 Å². The molecular formula is C16H22N2O7S. The number of fused-ring (bicyclic) bond motifs is 1. The number of benzene rings is 1. The first kappa shape index (κ1) is 20.0. The van der Waals surface area contributed by atoms with E-state index in [1.165, 1.54) is 25.2 Å². The van der Waals surface area contributed by atoms with Crippen molar-refractivity contribution in [3.8, 4) is 11.5 Å². The summed E-state index contributed by atoms with van der Waals surface area (Å²) in [6.45, 7) is 3.56. The van der Waals surface area contributed by atoms with Gasteiger partial charge in [-0.3, -0.25) is 9.59 Å². The van der Waals surface area contributed by atoms with Gasteiger partial charge in [-0.1, -0.05) is 13.8 Å². The van der Waals surface area contributed by atoms with Crippen LogP contribution in [-0.2, 0) is 24.3 Å². The fraction of sp³-hybridized carbons (Fsp3) is 0.500. The molecule has 0 spiro atoms. The Balaban J connectivity index is 2.16. The third-order valence-electron chi connectivity index (χ3n) is 3.65. The maximum absolute atomic E-state index is 12.6. The van der Waals surface area contributed by atoms with E-state index in [1.807, 2.05) is 0 Å². The van der Waals surface area contributed by atoms with Crippen LogP contribution in [0.3, 0.4) is 0 Å². The maximum atomic E-state index is 12.6. The minimum Gasteiger partial charge on any atom is -0.486 e. The van der Waals surface area contributed by atoms with Gasteiger partial charge in [0.25, 0.3) is 5.91 Å². The molecule has 1 heterocycles.